The molecule has 5 nitrogen and oxygen atoms in total. The first-order valence-electron chi connectivity index (χ1n) is 6.98. The summed E-state index contributed by atoms with van der Waals surface area (Å²) in [6.45, 7) is 0.386. The Morgan fingerprint density at radius 1 is 1.23 bits per heavy atom. The number of aliphatic hydroxyl groups is 1. The van der Waals surface area contributed by atoms with E-state index in [1.807, 2.05) is 6.07 Å². The van der Waals surface area contributed by atoms with Gasteiger partial charge in [-0.2, -0.15) is 0 Å². The van der Waals surface area contributed by atoms with Crippen LogP contribution in [0, 0.1) is 0 Å². The van der Waals surface area contributed by atoms with Gasteiger partial charge in [-0.3, -0.25) is 4.79 Å². The number of nitrogens with one attached hydrogen (secondary N) is 1. The van der Waals surface area contributed by atoms with Crippen molar-refractivity contribution in [1.82, 2.24) is 5.32 Å². The summed E-state index contributed by atoms with van der Waals surface area (Å²) in [6, 6.07) is 13.8. The number of hydrogen-bond donors (Lipinski definition) is 3. The Morgan fingerprint density at radius 2 is 1.95 bits per heavy atom. The zero-order valence-electron chi connectivity index (χ0n) is 12.3. The Bertz CT molecular complexity index is 628. The van der Waals surface area contributed by atoms with E-state index in [4.69, 9.17) is 4.74 Å². The Labute approximate surface area is 129 Å². The summed E-state index contributed by atoms with van der Waals surface area (Å²) in [5, 5.41) is 22.1. The molecule has 2 rings (SSSR count). The summed E-state index contributed by atoms with van der Waals surface area (Å²) in [4.78, 5) is 11.9. The molecule has 116 valence electrons. The van der Waals surface area contributed by atoms with Crippen LogP contribution in [0.5, 0.6) is 11.5 Å². The Hall–Kier alpha value is -2.53. The topological polar surface area (TPSA) is 78.8 Å². The maximum atomic E-state index is 11.9. The lowest BCUT2D eigenvalue weighted by atomic mass is 10.1. The highest BCUT2D eigenvalue weighted by atomic mass is 16.5. The molecule has 0 spiro atoms. The maximum absolute atomic E-state index is 11.9. The molecule has 1 amide bonds. The summed E-state index contributed by atoms with van der Waals surface area (Å²) in [7, 11) is 1.48. The quantitative estimate of drug-likeness (QED) is 0.760. The summed E-state index contributed by atoms with van der Waals surface area (Å²) in [5.74, 6) is 0.0416. The minimum absolute atomic E-state index is 0.0785. The molecule has 0 fully saturated rings. The highest BCUT2D eigenvalue weighted by Gasteiger charge is 2.16. The number of phenolic OH excluding ortho intramolecular Hbond substituents is 1. The molecule has 0 saturated carbocycles. The van der Waals surface area contributed by atoms with Crippen LogP contribution in [-0.2, 0) is 11.2 Å². The molecule has 0 bridgehead atoms. The van der Waals surface area contributed by atoms with E-state index in [1.165, 1.54) is 7.11 Å². The van der Waals surface area contributed by atoms with Crippen molar-refractivity contribution in [3.63, 3.8) is 0 Å². The van der Waals surface area contributed by atoms with E-state index in [9.17, 15) is 15.0 Å². The molecule has 0 aromatic heterocycles. The lowest BCUT2D eigenvalue weighted by Crippen LogP contribution is -2.30. The molecule has 0 unspecified atom stereocenters. The van der Waals surface area contributed by atoms with E-state index in [0.29, 0.717) is 24.3 Å². The third-order valence-corrected chi connectivity index (χ3v) is 3.32. The number of phenols is 1. The molecule has 0 aliphatic rings. The number of ether oxygens (including phenoxy) is 1. The van der Waals surface area contributed by atoms with E-state index >= 15 is 0 Å². The molecule has 22 heavy (non-hydrogen) atoms. The van der Waals surface area contributed by atoms with Crippen LogP contribution in [-0.4, -0.2) is 29.8 Å². The lowest BCUT2D eigenvalue weighted by Gasteiger charge is -2.12. The van der Waals surface area contributed by atoms with Gasteiger partial charge in [-0.25, -0.2) is 0 Å². The number of aromatic hydroxyl groups is 1. The number of methoxy groups -OCH3 is 1. The summed E-state index contributed by atoms with van der Waals surface area (Å²) >= 11 is 0. The van der Waals surface area contributed by atoms with Crippen molar-refractivity contribution < 1.29 is 19.7 Å². The minimum atomic E-state index is -1.17. The van der Waals surface area contributed by atoms with Crippen LogP contribution in [0.1, 0.15) is 17.2 Å². The average Bonchev–Trinajstić information content (AvgIpc) is 2.56. The van der Waals surface area contributed by atoms with Crippen LogP contribution in [0.3, 0.4) is 0 Å². The maximum Gasteiger partial charge on any atom is 0.253 e. The molecular weight excluding hydrogens is 282 g/mol. The largest absolute Gasteiger partial charge is 0.504 e. The van der Waals surface area contributed by atoms with Crippen molar-refractivity contribution in [2.24, 2.45) is 0 Å². The Morgan fingerprint density at radius 3 is 2.64 bits per heavy atom. The molecule has 5 heteroatoms. The number of aliphatic hydroxyl groups excluding tert-OH is 1. The minimum Gasteiger partial charge on any atom is -0.504 e. The van der Waals surface area contributed by atoms with Crippen molar-refractivity contribution in [3.8, 4) is 11.5 Å². The number of carbonyl (C=O) groups excluding carboxylic acids is 1. The molecule has 2 aromatic carbocycles. The van der Waals surface area contributed by atoms with Crippen LogP contribution in [0.25, 0.3) is 0 Å². The fraction of sp³-hybridized carbons (Fsp3) is 0.235. The molecule has 1 atom stereocenters. The summed E-state index contributed by atoms with van der Waals surface area (Å²) in [5.41, 5.74) is 1.48. The third kappa shape index (κ3) is 3.99. The van der Waals surface area contributed by atoms with Gasteiger partial charge in [0.25, 0.3) is 5.91 Å². The fourth-order valence-electron chi connectivity index (χ4n) is 2.09. The highest BCUT2D eigenvalue weighted by Crippen LogP contribution is 2.26. The molecule has 0 aliphatic heterocycles. The summed E-state index contributed by atoms with van der Waals surface area (Å²) in [6.07, 6.45) is -0.597. The van der Waals surface area contributed by atoms with Crippen molar-refractivity contribution in [2.75, 3.05) is 13.7 Å². The van der Waals surface area contributed by atoms with Gasteiger partial charge in [0.2, 0.25) is 0 Å². The second-order valence-electron chi connectivity index (χ2n) is 4.86. The molecule has 2 aromatic rings. The van der Waals surface area contributed by atoms with Crippen LogP contribution in [0.2, 0.25) is 0 Å². The fourth-order valence-corrected chi connectivity index (χ4v) is 2.09. The van der Waals surface area contributed by atoms with Crippen molar-refractivity contribution in [3.05, 3.63) is 59.7 Å². The van der Waals surface area contributed by atoms with E-state index < -0.39 is 12.0 Å². The Balaban J connectivity index is 1.87. The highest BCUT2D eigenvalue weighted by molar-refractivity contribution is 5.81. The number of amides is 1. The molecule has 0 radical (unpaired) electrons. The zero-order chi connectivity index (χ0) is 15.9. The van der Waals surface area contributed by atoms with Crippen LogP contribution in [0.15, 0.2) is 48.5 Å². The standard InChI is InChI=1S/C17H19NO4/c1-22-15-11-12(7-8-14(15)19)9-10-18-17(21)16(20)13-5-3-2-4-6-13/h2-8,11,16,19-20H,9-10H2,1H3,(H,18,21)/t16-/m0/s1. The lowest BCUT2D eigenvalue weighted by molar-refractivity contribution is -0.129. The van der Waals surface area contributed by atoms with Crippen LogP contribution in [0.4, 0.5) is 0 Å². The van der Waals surface area contributed by atoms with E-state index in [-0.39, 0.29) is 5.75 Å². The monoisotopic (exact) mass is 301 g/mol. The SMILES string of the molecule is COc1cc(CCNC(=O)[C@@H](O)c2ccccc2)ccc1O. The van der Waals surface area contributed by atoms with Gasteiger partial charge in [-0.15, -0.1) is 0 Å². The van der Waals surface area contributed by atoms with Gasteiger partial charge in [0.15, 0.2) is 17.6 Å². The molecule has 0 heterocycles. The third-order valence-electron chi connectivity index (χ3n) is 3.32. The normalized spacial score (nSPS) is 11.7. The van der Waals surface area contributed by atoms with Gasteiger partial charge in [-0.1, -0.05) is 36.4 Å². The molecule has 0 saturated heterocycles. The van der Waals surface area contributed by atoms with Gasteiger partial charge >= 0.3 is 0 Å². The van der Waals surface area contributed by atoms with Crippen LogP contribution < -0.4 is 10.1 Å². The first-order chi connectivity index (χ1) is 10.6. The van der Waals surface area contributed by atoms with Gasteiger partial charge < -0.3 is 20.3 Å². The van der Waals surface area contributed by atoms with Crippen molar-refractivity contribution >= 4 is 5.91 Å². The average molecular weight is 301 g/mol. The predicted molar refractivity (Wildman–Crippen MR) is 82.8 cm³/mol. The van der Waals surface area contributed by atoms with Gasteiger partial charge in [0.05, 0.1) is 7.11 Å². The number of hydrogen-bond acceptors (Lipinski definition) is 4. The zero-order valence-corrected chi connectivity index (χ0v) is 12.3. The Kier molecular flexibility index (Phi) is 5.38. The van der Waals surface area contributed by atoms with Crippen molar-refractivity contribution in [1.29, 1.82) is 0 Å². The molecule has 3 N–H and O–H groups in total. The predicted octanol–water partition coefficient (Wildman–Crippen LogP) is 1.79. The molecule has 0 aliphatic carbocycles. The van der Waals surface area contributed by atoms with Gasteiger partial charge in [0, 0.05) is 6.54 Å². The van der Waals surface area contributed by atoms with E-state index in [2.05, 4.69) is 5.32 Å². The number of benzene rings is 2. The number of rotatable bonds is 6. The van der Waals surface area contributed by atoms with Gasteiger partial charge in [-0.05, 0) is 29.7 Å². The first-order valence-corrected chi connectivity index (χ1v) is 6.98. The van der Waals surface area contributed by atoms with E-state index in [0.717, 1.165) is 5.56 Å². The first kappa shape index (κ1) is 15.9. The smallest absolute Gasteiger partial charge is 0.253 e. The van der Waals surface area contributed by atoms with Crippen LogP contribution >= 0.6 is 0 Å². The number of carbonyl (C=O) groups is 1. The van der Waals surface area contributed by atoms with E-state index in [1.54, 1.807) is 42.5 Å². The second kappa shape index (κ2) is 7.47. The summed E-state index contributed by atoms with van der Waals surface area (Å²) < 4.78 is 5.03. The van der Waals surface area contributed by atoms with Gasteiger partial charge in [0.1, 0.15) is 0 Å². The molecular formula is C17H19NO4. The second-order valence-corrected chi connectivity index (χ2v) is 4.86. The van der Waals surface area contributed by atoms with Crippen molar-refractivity contribution in [2.45, 2.75) is 12.5 Å².